The molecule has 1 aromatic carbocycles. The molecular weight excluding hydrogens is 274 g/mol. The summed E-state index contributed by atoms with van der Waals surface area (Å²) in [5.74, 6) is -0.424. The number of benzene rings is 1. The summed E-state index contributed by atoms with van der Waals surface area (Å²) in [5.41, 5.74) is 6.91. The molecule has 0 saturated carbocycles. The molecule has 5 nitrogen and oxygen atoms in total. The third kappa shape index (κ3) is 3.30. The van der Waals surface area contributed by atoms with E-state index in [1.54, 1.807) is 12.1 Å². The van der Waals surface area contributed by atoms with Crippen molar-refractivity contribution in [2.75, 3.05) is 0 Å². The van der Waals surface area contributed by atoms with Crippen LogP contribution >= 0.6 is 12.2 Å². The van der Waals surface area contributed by atoms with Crippen LogP contribution in [0.4, 0.5) is 0 Å². The van der Waals surface area contributed by atoms with Crippen LogP contribution in [0.25, 0.3) is 0 Å². The van der Waals surface area contributed by atoms with Crippen LogP contribution in [0.15, 0.2) is 47.5 Å². The number of pyridine rings is 1. The largest absolute Gasteiger partial charge is 0.389 e. The van der Waals surface area contributed by atoms with E-state index in [4.69, 9.17) is 18.0 Å². The topological polar surface area (TPSA) is 88.0 Å². The van der Waals surface area contributed by atoms with Gasteiger partial charge in [-0.25, -0.2) is 0 Å². The van der Waals surface area contributed by atoms with E-state index in [0.717, 1.165) is 11.1 Å². The van der Waals surface area contributed by atoms with Crippen molar-refractivity contribution in [3.8, 4) is 0 Å². The number of hydrogen-bond acceptors (Lipinski definition) is 3. The van der Waals surface area contributed by atoms with E-state index < -0.39 is 5.91 Å². The van der Waals surface area contributed by atoms with Crippen molar-refractivity contribution in [1.29, 1.82) is 0 Å². The van der Waals surface area contributed by atoms with Gasteiger partial charge in [0, 0.05) is 30.6 Å². The smallest absolute Gasteiger partial charge is 0.257 e. The highest BCUT2D eigenvalue weighted by atomic mass is 32.1. The molecule has 1 heterocycles. The molecule has 0 aliphatic carbocycles. The molecule has 2 aromatic rings. The number of amides is 1. The number of aromatic nitrogens is 1. The molecule has 0 spiro atoms. The highest BCUT2D eigenvalue weighted by Gasteiger charge is 2.09. The van der Waals surface area contributed by atoms with Crippen LogP contribution in [0.5, 0.6) is 0 Å². The van der Waals surface area contributed by atoms with Crippen LogP contribution in [-0.4, -0.2) is 15.9 Å². The van der Waals surface area contributed by atoms with E-state index in [1.807, 2.05) is 12.1 Å². The third-order valence-corrected chi connectivity index (χ3v) is 2.97. The zero-order chi connectivity index (χ0) is 14.5. The molecule has 0 bridgehead atoms. The highest BCUT2D eigenvalue weighted by molar-refractivity contribution is 7.80. The number of nitrogens with one attached hydrogen (secondary N) is 2. The Hall–Kier alpha value is -2.47. The molecule has 0 saturated heterocycles. The SMILES string of the molecule is NC(=S)c1cccc(CNC(=O)c2c[nH]ccc2=O)c1. The maximum absolute atomic E-state index is 11.9. The molecule has 2 rings (SSSR count). The Labute approximate surface area is 120 Å². The second-order valence-electron chi connectivity index (χ2n) is 4.17. The maximum atomic E-state index is 11.9. The molecule has 1 amide bonds. The number of rotatable bonds is 4. The maximum Gasteiger partial charge on any atom is 0.257 e. The van der Waals surface area contributed by atoms with E-state index in [9.17, 15) is 9.59 Å². The molecule has 0 aliphatic rings. The zero-order valence-electron chi connectivity index (χ0n) is 10.6. The van der Waals surface area contributed by atoms with Crippen molar-refractivity contribution in [3.63, 3.8) is 0 Å². The Morgan fingerprint density at radius 1 is 1.35 bits per heavy atom. The van der Waals surface area contributed by atoms with Gasteiger partial charge in [0.05, 0.1) is 0 Å². The number of carbonyl (C=O) groups is 1. The summed E-state index contributed by atoms with van der Waals surface area (Å²) in [7, 11) is 0. The van der Waals surface area contributed by atoms with Crippen molar-refractivity contribution < 1.29 is 4.79 Å². The second kappa shape index (κ2) is 6.12. The molecule has 6 heteroatoms. The second-order valence-corrected chi connectivity index (χ2v) is 4.61. The first-order valence-corrected chi connectivity index (χ1v) is 6.33. The Morgan fingerprint density at radius 3 is 2.85 bits per heavy atom. The summed E-state index contributed by atoms with van der Waals surface area (Å²) in [4.78, 5) is 26.4. The van der Waals surface area contributed by atoms with E-state index >= 15 is 0 Å². The van der Waals surface area contributed by atoms with E-state index in [1.165, 1.54) is 18.5 Å². The van der Waals surface area contributed by atoms with Gasteiger partial charge in [-0.05, 0) is 11.6 Å². The van der Waals surface area contributed by atoms with Crippen molar-refractivity contribution in [1.82, 2.24) is 10.3 Å². The number of hydrogen-bond donors (Lipinski definition) is 3. The molecule has 0 fully saturated rings. The van der Waals surface area contributed by atoms with Crippen molar-refractivity contribution >= 4 is 23.1 Å². The molecule has 102 valence electrons. The van der Waals surface area contributed by atoms with Gasteiger partial charge in [0.25, 0.3) is 5.91 Å². The van der Waals surface area contributed by atoms with Crippen LogP contribution in [0, 0.1) is 0 Å². The van der Waals surface area contributed by atoms with Crippen LogP contribution < -0.4 is 16.5 Å². The van der Waals surface area contributed by atoms with Gasteiger partial charge < -0.3 is 16.0 Å². The summed E-state index contributed by atoms with van der Waals surface area (Å²) in [5, 5.41) is 2.68. The summed E-state index contributed by atoms with van der Waals surface area (Å²) in [6.07, 6.45) is 2.86. The average molecular weight is 287 g/mol. The van der Waals surface area contributed by atoms with Crippen LogP contribution in [0.2, 0.25) is 0 Å². The van der Waals surface area contributed by atoms with E-state index in [-0.39, 0.29) is 11.0 Å². The summed E-state index contributed by atoms with van der Waals surface area (Å²) in [6.45, 7) is 0.295. The lowest BCUT2D eigenvalue weighted by atomic mass is 10.1. The minimum atomic E-state index is -0.424. The quantitative estimate of drug-likeness (QED) is 0.730. The number of nitrogens with two attached hydrogens (primary N) is 1. The van der Waals surface area contributed by atoms with Crippen molar-refractivity contribution in [3.05, 3.63) is 69.6 Å². The van der Waals surface area contributed by atoms with Gasteiger partial charge in [0.15, 0.2) is 5.43 Å². The fourth-order valence-electron chi connectivity index (χ4n) is 1.71. The summed E-state index contributed by atoms with van der Waals surface area (Å²) < 4.78 is 0. The zero-order valence-corrected chi connectivity index (χ0v) is 11.4. The van der Waals surface area contributed by atoms with Crippen LogP contribution in [-0.2, 0) is 6.54 Å². The lowest BCUT2D eigenvalue weighted by molar-refractivity contribution is 0.0949. The third-order valence-electron chi connectivity index (χ3n) is 2.73. The van der Waals surface area contributed by atoms with Gasteiger partial charge in [-0.15, -0.1) is 0 Å². The average Bonchev–Trinajstić information content (AvgIpc) is 2.45. The lowest BCUT2D eigenvalue weighted by Gasteiger charge is -2.06. The first-order chi connectivity index (χ1) is 9.58. The number of carbonyl (C=O) groups excluding carboxylic acids is 1. The Balaban J connectivity index is 2.08. The van der Waals surface area contributed by atoms with Crippen molar-refractivity contribution in [2.45, 2.75) is 6.54 Å². The number of thiocarbonyl (C=S) groups is 1. The van der Waals surface area contributed by atoms with E-state index in [0.29, 0.717) is 11.5 Å². The van der Waals surface area contributed by atoms with Gasteiger partial charge in [-0.3, -0.25) is 9.59 Å². The van der Waals surface area contributed by atoms with Gasteiger partial charge in [-0.1, -0.05) is 30.4 Å². The Kier molecular flexibility index (Phi) is 4.27. The monoisotopic (exact) mass is 287 g/mol. The molecular formula is C14H13N3O2S. The number of aromatic amines is 1. The summed E-state index contributed by atoms with van der Waals surface area (Å²) >= 11 is 4.90. The minimum Gasteiger partial charge on any atom is -0.389 e. The van der Waals surface area contributed by atoms with Gasteiger partial charge in [-0.2, -0.15) is 0 Å². The fourth-order valence-corrected chi connectivity index (χ4v) is 1.83. The van der Waals surface area contributed by atoms with Gasteiger partial charge >= 0.3 is 0 Å². The highest BCUT2D eigenvalue weighted by Crippen LogP contribution is 2.05. The predicted octanol–water partition coefficient (Wildman–Crippen LogP) is 0.939. The van der Waals surface area contributed by atoms with Gasteiger partial charge in [0.1, 0.15) is 10.6 Å². The first-order valence-electron chi connectivity index (χ1n) is 5.92. The fraction of sp³-hybridized carbons (Fsp3) is 0.0714. The summed E-state index contributed by atoms with van der Waals surface area (Å²) in [6, 6.07) is 8.57. The first kappa shape index (κ1) is 14.0. The molecule has 0 atom stereocenters. The molecule has 0 aliphatic heterocycles. The molecule has 0 unspecified atom stereocenters. The molecule has 1 aromatic heterocycles. The van der Waals surface area contributed by atoms with E-state index in [2.05, 4.69) is 10.3 Å². The predicted molar refractivity (Wildman–Crippen MR) is 80.6 cm³/mol. The number of H-pyrrole nitrogens is 1. The normalized spacial score (nSPS) is 10.0. The van der Waals surface area contributed by atoms with Crippen molar-refractivity contribution in [2.24, 2.45) is 5.73 Å². The molecule has 0 radical (unpaired) electrons. The lowest BCUT2D eigenvalue weighted by Crippen LogP contribution is -2.28. The Morgan fingerprint density at radius 2 is 2.15 bits per heavy atom. The standard InChI is InChI=1S/C14H13N3O2S/c15-13(20)10-3-1-2-9(6-10)7-17-14(19)11-8-16-5-4-12(11)18/h1-6,8H,7H2,(H2,15,20)(H,16,18)(H,17,19). The molecule has 20 heavy (non-hydrogen) atoms. The Bertz CT molecular complexity index is 709. The van der Waals surface area contributed by atoms with Crippen LogP contribution in [0.3, 0.4) is 0 Å². The van der Waals surface area contributed by atoms with Gasteiger partial charge in [0.2, 0.25) is 0 Å². The minimum absolute atomic E-state index is 0.0815. The molecule has 4 N–H and O–H groups in total. The van der Waals surface area contributed by atoms with Crippen LogP contribution in [0.1, 0.15) is 21.5 Å².